The highest BCUT2D eigenvalue weighted by atomic mass is 16.1. The van der Waals surface area contributed by atoms with Gasteiger partial charge in [0.1, 0.15) is 0 Å². The summed E-state index contributed by atoms with van der Waals surface area (Å²) in [6, 6.07) is 14.8. The molecule has 0 bridgehead atoms. The van der Waals surface area contributed by atoms with Crippen LogP contribution in [0.1, 0.15) is 24.8 Å². The maximum absolute atomic E-state index is 12.3. The number of rotatable bonds is 4. The van der Waals surface area contributed by atoms with Crippen LogP contribution in [0, 0.1) is 5.92 Å². The third kappa shape index (κ3) is 3.66. The second-order valence-electron chi connectivity index (χ2n) is 6.06. The Morgan fingerprint density at radius 2 is 1.95 bits per heavy atom. The average molecular weight is 296 g/mol. The number of carbonyl (C=O) groups is 1. The lowest BCUT2D eigenvalue weighted by atomic mass is 9.99. The van der Waals surface area contributed by atoms with Gasteiger partial charge in [-0.3, -0.25) is 4.79 Å². The molecular formula is C19H24N2O. The molecule has 1 amide bonds. The van der Waals surface area contributed by atoms with Gasteiger partial charge in [-0.15, -0.1) is 0 Å². The van der Waals surface area contributed by atoms with Crippen LogP contribution in [0.3, 0.4) is 0 Å². The summed E-state index contributed by atoms with van der Waals surface area (Å²) in [6.45, 7) is 2.72. The van der Waals surface area contributed by atoms with E-state index in [9.17, 15) is 4.79 Å². The first kappa shape index (κ1) is 15.0. The molecule has 3 nitrogen and oxygen atoms in total. The van der Waals surface area contributed by atoms with E-state index in [0.29, 0.717) is 0 Å². The van der Waals surface area contributed by atoms with Crippen molar-refractivity contribution in [3.8, 4) is 0 Å². The molecule has 2 N–H and O–H groups in total. The highest BCUT2D eigenvalue weighted by Crippen LogP contribution is 2.19. The molecule has 1 saturated heterocycles. The number of carbonyl (C=O) groups excluding carboxylic acids is 1. The van der Waals surface area contributed by atoms with Gasteiger partial charge < -0.3 is 10.6 Å². The predicted octanol–water partition coefficient (Wildman–Crippen LogP) is 2.89. The molecule has 0 spiro atoms. The second kappa shape index (κ2) is 7.41. The van der Waals surface area contributed by atoms with E-state index in [1.54, 1.807) is 0 Å². The van der Waals surface area contributed by atoms with Crippen LogP contribution in [-0.2, 0) is 11.2 Å². The standard InChI is InChI=1S/C19H24N2O/c22-19(17-8-4-12-20-13-10-17)21-14-11-16-7-3-6-15-5-1-2-9-18(15)16/h1-3,5-7,9,17,20H,4,8,10-14H2,(H,21,22)/t17-/m0/s1. The summed E-state index contributed by atoms with van der Waals surface area (Å²) in [5.74, 6) is 0.409. The van der Waals surface area contributed by atoms with Crippen LogP contribution in [0.2, 0.25) is 0 Å². The lowest BCUT2D eigenvalue weighted by Crippen LogP contribution is -2.32. The third-order valence-corrected chi connectivity index (χ3v) is 4.52. The van der Waals surface area contributed by atoms with Gasteiger partial charge in [0, 0.05) is 12.5 Å². The minimum absolute atomic E-state index is 0.183. The Kier molecular flexibility index (Phi) is 5.07. The van der Waals surface area contributed by atoms with E-state index < -0.39 is 0 Å². The van der Waals surface area contributed by atoms with Gasteiger partial charge in [0.15, 0.2) is 0 Å². The molecule has 1 aliphatic rings. The van der Waals surface area contributed by atoms with Crippen molar-refractivity contribution in [2.24, 2.45) is 5.92 Å². The zero-order valence-corrected chi connectivity index (χ0v) is 13.0. The van der Waals surface area contributed by atoms with Crippen molar-refractivity contribution in [2.75, 3.05) is 19.6 Å². The summed E-state index contributed by atoms with van der Waals surface area (Å²) in [5, 5.41) is 9.04. The fraction of sp³-hybridized carbons (Fsp3) is 0.421. The molecule has 2 aromatic carbocycles. The second-order valence-corrected chi connectivity index (χ2v) is 6.06. The number of fused-ring (bicyclic) bond motifs is 1. The van der Waals surface area contributed by atoms with Crippen molar-refractivity contribution in [3.63, 3.8) is 0 Å². The quantitative estimate of drug-likeness (QED) is 0.911. The molecule has 0 aromatic heterocycles. The van der Waals surface area contributed by atoms with E-state index >= 15 is 0 Å². The summed E-state index contributed by atoms with van der Waals surface area (Å²) in [7, 11) is 0. The van der Waals surface area contributed by atoms with E-state index in [1.165, 1.54) is 16.3 Å². The molecule has 0 saturated carbocycles. The van der Waals surface area contributed by atoms with Gasteiger partial charge in [-0.05, 0) is 55.1 Å². The summed E-state index contributed by atoms with van der Waals surface area (Å²) in [6.07, 6.45) is 3.95. The molecule has 3 rings (SSSR count). The van der Waals surface area contributed by atoms with Crippen molar-refractivity contribution in [1.29, 1.82) is 0 Å². The Hall–Kier alpha value is -1.87. The van der Waals surface area contributed by atoms with Crippen molar-refractivity contribution < 1.29 is 4.79 Å². The van der Waals surface area contributed by atoms with Crippen molar-refractivity contribution in [1.82, 2.24) is 10.6 Å². The largest absolute Gasteiger partial charge is 0.356 e. The molecular weight excluding hydrogens is 272 g/mol. The Bertz CT molecular complexity index is 625. The monoisotopic (exact) mass is 296 g/mol. The van der Waals surface area contributed by atoms with Crippen LogP contribution in [0.5, 0.6) is 0 Å². The first-order valence-corrected chi connectivity index (χ1v) is 8.29. The van der Waals surface area contributed by atoms with Gasteiger partial charge in [-0.2, -0.15) is 0 Å². The van der Waals surface area contributed by atoms with E-state index in [0.717, 1.165) is 45.3 Å². The zero-order chi connectivity index (χ0) is 15.2. The molecule has 1 atom stereocenters. The van der Waals surface area contributed by atoms with Crippen molar-refractivity contribution in [3.05, 3.63) is 48.0 Å². The van der Waals surface area contributed by atoms with Crippen LogP contribution in [0.15, 0.2) is 42.5 Å². The number of nitrogens with one attached hydrogen (secondary N) is 2. The van der Waals surface area contributed by atoms with Gasteiger partial charge in [-0.25, -0.2) is 0 Å². The van der Waals surface area contributed by atoms with Crippen LogP contribution < -0.4 is 10.6 Å². The molecule has 1 fully saturated rings. The molecule has 0 aliphatic carbocycles. The molecule has 0 unspecified atom stereocenters. The molecule has 1 aliphatic heterocycles. The topological polar surface area (TPSA) is 41.1 Å². The Labute approximate surface area is 132 Å². The summed E-state index contributed by atoms with van der Waals surface area (Å²) >= 11 is 0. The number of amides is 1. The SMILES string of the molecule is O=C(NCCc1cccc2ccccc12)[C@H]1CCCNCC1. The Morgan fingerprint density at radius 3 is 2.91 bits per heavy atom. The van der Waals surface area contributed by atoms with E-state index in [1.807, 2.05) is 0 Å². The maximum atomic E-state index is 12.3. The highest BCUT2D eigenvalue weighted by molar-refractivity contribution is 5.85. The third-order valence-electron chi connectivity index (χ3n) is 4.52. The number of hydrogen-bond donors (Lipinski definition) is 2. The van der Waals surface area contributed by atoms with E-state index in [4.69, 9.17) is 0 Å². The van der Waals surface area contributed by atoms with Gasteiger partial charge >= 0.3 is 0 Å². The minimum Gasteiger partial charge on any atom is -0.356 e. The van der Waals surface area contributed by atoms with Gasteiger partial charge in [0.25, 0.3) is 0 Å². The molecule has 116 valence electrons. The van der Waals surface area contributed by atoms with Gasteiger partial charge in [-0.1, -0.05) is 42.5 Å². The van der Waals surface area contributed by atoms with E-state index in [-0.39, 0.29) is 11.8 Å². The molecule has 22 heavy (non-hydrogen) atoms. The first-order chi connectivity index (χ1) is 10.8. The normalized spacial score (nSPS) is 18.8. The van der Waals surface area contributed by atoms with Crippen LogP contribution in [-0.4, -0.2) is 25.5 Å². The maximum Gasteiger partial charge on any atom is 0.223 e. The summed E-state index contributed by atoms with van der Waals surface area (Å²) < 4.78 is 0. The molecule has 2 aromatic rings. The predicted molar refractivity (Wildman–Crippen MR) is 90.9 cm³/mol. The van der Waals surface area contributed by atoms with Crippen molar-refractivity contribution in [2.45, 2.75) is 25.7 Å². The zero-order valence-electron chi connectivity index (χ0n) is 13.0. The van der Waals surface area contributed by atoms with Gasteiger partial charge in [0.05, 0.1) is 0 Å². The molecule has 3 heteroatoms. The minimum atomic E-state index is 0.183. The Morgan fingerprint density at radius 1 is 1.09 bits per heavy atom. The van der Waals surface area contributed by atoms with Gasteiger partial charge in [0.2, 0.25) is 5.91 Å². The summed E-state index contributed by atoms with van der Waals surface area (Å²) in [4.78, 5) is 12.3. The summed E-state index contributed by atoms with van der Waals surface area (Å²) in [5.41, 5.74) is 1.31. The fourth-order valence-electron chi connectivity index (χ4n) is 3.26. The Balaban J connectivity index is 1.56. The average Bonchev–Trinajstić information content (AvgIpc) is 2.84. The smallest absolute Gasteiger partial charge is 0.223 e. The van der Waals surface area contributed by atoms with Crippen molar-refractivity contribution >= 4 is 16.7 Å². The highest BCUT2D eigenvalue weighted by Gasteiger charge is 2.19. The fourth-order valence-corrected chi connectivity index (χ4v) is 3.26. The lowest BCUT2D eigenvalue weighted by Gasteiger charge is -2.14. The first-order valence-electron chi connectivity index (χ1n) is 8.29. The molecule has 1 heterocycles. The van der Waals surface area contributed by atoms with Crippen LogP contribution >= 0.6 is 0 Å². The van der Waals surface area contributed by atoms with Crippen LogP contribution in [0.25, 0.3) is 10.8 Å². The van der Waals surface area contributed by atoms with E-state index in [2.05, 4.69) is 53.1 Å². The van der Waals surface area contributed by atoms with Crippen LogP contribution in [0.4, 0.5) is 0 Å². The lowest BCUT2D eigenvalue weighted by molar-refractivity contribution is -0.125. The number of benzene rings is 2. The number of hydrogen-bond acceptors (Lipinski definition) is 2. The molecule has 0 radical (unpaired) electrons.